The summed E-state index contributed by atoms with van der Waals surface area (Å²) in [6.07, 6.45) is 1.56. The molecule has 0 radical (unpaired) electrons. The zero-order chi connectivity index (χ0) is 11.3. The molecule has 5 nitrogen and oxygen atoms in total. The summed E-state index contributed by atoms with van der Waals surface area (Å²) in [6.45, 7) is 5.64. The van der Waals surface area contributed by atoms with E-state index >= 15 is 0 Å². The van der Waals surface area contributed by atoms with Gasteiger partial charge >= 0.3 is 5.97 Å². The maximum absolute atomic E-state index is 11.2. The van der Waals surface area contributed by atoms with Gasteiger partial charge in [0.05, 0.1) is 7.11 Å². The Morgan fingerprint density at radius 1 is 1.47 bits per heavy atom. The maximum Gasteiger partial charge on any atom is 0.356 e. The molecule has 1 aromatic rings. The number of carbonyl (C=O) groups excluding carboxylic acids is 1. The van der Waals surface area contributed by atoms with Crippen molar-refractivity contribution >= 4 is 11.9 Å². The minimum Gasteiger partial charge on any atom is -0.464 e. The molecule has 5 heteroatoms. The quantitative estimate of drug-likeness (QED) is 0.695. The van der Waals surface area contributed by atoms with Gasteiger partial charge in [-0.15, -0.1) is 0 Å². The number of ether oxygens (including phenoxy) is 1. The van der Waals surface area contributed by atoms with E-state index in [9.17, 15) is 4.79 Å². The lowest BCUT2D eigenvalue weighted by Gasteiger charge is -2.18. The Morgan fingerprint density at radius 2 is 2.13 bits per heavy atom. The summed E-state index contributed by atoms with van der Waals surface area (Å²) in [4.78, 5) is 21.4. The van der Waals surface area contributed by atoms with E-state index in [2.05, 4.69) is 14.7 Å². The molecule has 0 aromatic carbocycles. The molecular formula is C10H15N3O2. The molecule has 1 aromatic heterocycles. The number of hydrogen-bond acceptors (Lipinski definition) is 5. The number of methoxy groups -OCH3 is 1. The van der Waals surface area contributed by atoms with Crippen LogP contribution in [0.1, 0.15) is 24.3 Å². The highest BCUT2D eigenvalue weighted by atomic mass is 16.5. The number of aromatic nitrogens is 2. The van der Waals surface area contributed by atoms with Crippen LogP contribution in [0.3, 0.4) is 0 Å². The minimum atomic E-state index is -0.439. The first kappa shape index (κ1) is 11.4. The van der Waals surface area contributed by atoms with Crippen molar-refractivity contribution in [2.45, 2.75) is 13.8 Å². The SMILES string of the molecule is CCN(CC)c1nccc(C(=O)OC)n1. The van der Waals surface area contributed by atoms with E-state index in [1.165, 1.54) is 7.11 Å². The van der Waals surface area contributed by atoms with Crippen molar-refractivity contribution in [2.24, 2.45) is 0 Å². The van der Waals surface area contributed by atoms with E-state index in [0.29, 0.717) is 5.95 Å². The molecule has 0 aliphatic rings. The zero-order valence-corrected chi connectivity index (χ0v) is 9.23. The monoisotopic (exact) mass is 209 g/mol. The Hall–Kier alpha value is -1.65. The first-order chi connectivity index (χ1) is 7.22. The van der Waals surface area contributed by atoms with Crippen molar-refractivity contribution in [1.82, 2.24) is 9.97 Å². The van der Waals surface area contributed by atoms with Crippen molar-refractivity contribution in [3.63, 3.8) is 0 Å². The van der Waals surface area contributed by atoms with Crippen LogP contribution in [-0.2, 0) is 4.74 Å². The topological polar surface area (TPSA) is 55.3 Å². The van der Waals surface area contributed by atoms with Gasteiger partial charge in [-0.2, -0.15) is 0 Å². The predicted octanol–water partition coefficient (Wildman–Crippen LogP) is 1.11. The lowest BCUT2D eigenvalue weighted by atomic mass is 10.4. The van der Waals surface area contributed by atoms with E-state index in [-0.39, 0.29) is 5.69 Å². The molecule has 1 rings (SSSR count). The van der Waals surface area contributed by atoms with Crippen molar-refractivity contribution < 1.29 is 9.53 Å². The normalized spacial score (nSPS) is 9.80. The number of nitrogens with zero attached hydrogens (tertiary/aromatic N) is 3. The molecule has 0 saturated carbocycles. The molecule has 0 amide bonds. The third-order valence-corrected chi connectivity index (χ3v) is 2.08. The number of esters is 1. The molecule has 1 heterocycles. The molecule has 0 N–H and O–H groups in total. The van der Waals surface area contributed by atoms with Crippen LogP contribution < -0.4 is 4.90 Å². The third-order valence-electron chi connectivity index (χ3n) is 2.08. The van der Waals surface area contributed by atoms with E-state index in [1.807, 2.05) is 18.7 Å². The molecule has 0 saturated heterocycles. The van der Waals surface area contributed by atoms with Crippen LogP contribution in [0.5, 0.6) is 0 Å². The van der Waals surface area contributed by atoms with E-state index < -0.39 is 5.97 Å². The van der Waals surface area contributed by atoms with Gasteiger partial charge in [-0.25, -0.2) is 14.8 Å². The summed E-state index contributed by atoms with van der Waals surface area (Å²) in [6, 6.07) is 1.54. The average molecular weight is 209 g/mol. The van der Waals surface area contributed by atoms with Crippen molar-refractivity contribution in [1.29, 1.82) is 0 Å². The molecular weight excluding hydrogens is 194 g/mol. The van der Waals surface area contributed by atoms with Gasteiger partial charge in [0.2, 0.25) is 5.95 Å². The Labute approximate surface area is 89.1 Å². The van der Waals surface area contributed by atoms with Crippen LogP contribution >= 0.6 is 0 Å². The summed E-state index contributed by atoms with van der Waals surface area (Å²) >= 11 is 0. The Balaban J connectivity index is 2.96. The third kappa shape index (κ3) is 2.65. The molecule has 82 valence electrons. The summed E-state index contributed by atoms with van der Waals surface area (Å²) in [5, 5.41) is 0. The number of anilines is 1. The van der Waals surface area contributed by atoms with Gasteiger partial charge in [-0.05, 0) is 19.9 Å². The van der Waals surface area contributed by atoms with E-state index in [1.54, 1.807) is 12.3 Å². The molecule has 15 heavy (non-hydrogen) atoms. The number of rotatable bonds is 4. The highest BCUT2D eigenvalue weighted by molar-refractivity contribution is 5.87. The van der Waals surface area contributed by atoms with Gasteiger partial charge in [-0.3, -0.25) is 0 Å². The second-order valence-corrected chi connectivity index (χ2v) is 2.91. The second-order valence-electron chi connectivity index (χ2n) is 2.91. The standard InChI is InChI=1S/C10H15N3O2/c1-4-13(5-2)10-11-7-6-8(12-10)9(14)15-3/h6-7H,4-5H2,1-3H3. The van der Waals surface area contributed by atoms with Gasteiger partial charge in [-0.1, -0.05) is 0 Å². The predicted molar refractivity (Wildman–Crippen MR) is 56.9 cm³/mol. The molecule has 0 bridgehead atoms. The maximum atomic E-state index is 11.2. The van der Waals surface area contributed by atoms with Crippen LogP contribution in [0.4, 0.5) is 5.95 Å². The van der Waals surface area contributed by atoms with Gasteiger partial charge in [0, 0.05) is 19.3 Å². The van der Waals surface area contributed by atoms with Crippen molar-refractivity contribution in [3.05, 3.63) is 18.0 Å². The molecule has 0 fully saturated rings. The Kier molecular flexibility index (Phi) is 4.03. The van der Waals surface area contributed by atoms with Crippen LogP contribution in [-0.4, -0.2) is 36.1 Å². The van der Waals surface area contributed by atoms with E-state index in [4.69, 9.17) is 0 Å². The van der Waals surface area contributed by atoms with Crippen LogP contribution in [0, 0.1) is 0 Å². The molecule has 0 spiro atoms. The lowest BCUT2D eigenvalue weighted by Crippen LogP contribution is -2.24. The summed E-state index contributed by atoms with van der Waals surface area (Å²) in [5.74, 6) is 0.119. The van der Waals surface area contributed by atoms with Gasteiger partial charge in [0.25, 0.3) is 0 Å². The highest BCUT2D eigenvalue weighted by Gasteiger charge is 2.11. The molecule has 0 unspecified atom stereocenters. The van der Waals surface area contributed by atoms with Gasteiger partial charge in [0.1, 0.15) is 0 Å². The lowest BCUT2D eigenvalue weighted by molar-refractivity contribution is 0.0594. The van der Waals surface area contributed by atoms with Crippen LogP contribution in [0.2, 0.25) is 0 Å². The fourth-order valence-corrected chi connectivity index (χ4v) is 1.23. The molecule has 0 aliphatic carbocycles. The summed E-state index contributed by atoms with van der Waals surface area (Å²) in [7, 11) is 1.33. The van der Waals surface area contributed by atoms with Crippen molar-refractivity contribution in [2.75, 3.05) is 25.1 Å². The smallest absolute Gasteiger partial charge is 0.356 e. The number of carbonyl (C=O) groups is 1. The van der Waals surface area contributed by atoms with Crippen LogP contribution in [0.25, 0.3) is 0 Å². The number of hydrogen-bond donors (Lipinski definition) is 0. The van der Waals surface area contributed by atoms with Gasteiger partial charge < -0.3 is 9.64 Å². The zero-order valence-electron chi connectivity index (χ0n) is 9.23. The second kappa shape index (κ2) is 5.29. The fraction of sp³-hybridized carbons (Fsp3) is 0.500. The minimum absolute atomic E-state index is 0.286. The van der Waals surface area contributed by atoms with Crippen molar-refractivity contribution in [3.8, 4) is 0 Å². The van der Waals surface area contributed by atoms with E-state index in [0.717, 1.165) is 13.1 Å². The summed E-state index contributed by atoms with van der Waals surface area (Å²) < 4.78 is 4.59. The van der Waals surface area contributed by atoms with Gasteiger partial charge in [0.15, 0.2) is 5.69 Å². The average Bonchev–Trinajstić information content (AvgIpc) is 2.30. The Morgan fingerprint density at radius 3 is 2.67 bits per heavy atom. The molecule has 0 atom stereocenters. The summed E-state index contributed by atoms with van der Waals surface area (Å²) in [5.41, 5.74) is 0.286. The largest absolute Gasteiger partial charge is 0.464 e. The first-order valence-electron chi connectivity index (χ1n) is 4.89. The Bertz CT molecular complexity index is 337. The first-order valence-corrected chi connectivity index (χ1v) is 4.89. The molecule has 0 aliphatic heterocycles. The van der Waals surface area contributed by atoms with Crippen LogP contribution in [0.15, 0.2) is 12.3 Å². The highest BCUT2D eigenvalue weighted by Crippen LogP contribution is 2.07. The fourth-order valence-electron chi connectivity index (χ4n) is 1.23.